The van der Waals surface area contributed by atoms with E-state index in [-0.39, 0.29) is 5.88 Å². The van der Waals surface area contributed by atoms with E-state index in [9.17, 15) is 4.79 Å². The number of ether oxygens (including phenoxy) is 2. The van der Waals surface area contributed by atoms with Crippen molar-refractivity contribution >= 4 is 17.6 Å². The van der Waals surface area contributed by atoms with Crippen LogP contribution in [0.4, 0.5) is 0 Å². The number of methoxy groups -OCH3 is 2. The zero-order valence-electron chi connectivity index (χ0n) is 9.04. The van der Waals surface area contributed by atoms with Crippen molar-refractivity contribution < 1.29 is 14.3 Å². The fraction of sp³-hybridized carbons (Fsp3) is 0.250. The van der Waals surface area contributed by atoms with E-state index >= 15 is 0 Å². The summed E-state index contributed by atoms with van der Waals surface area (Å²) in [6, 6.07) is 4.92. The van der Waals surface area contributed by atoms with Gasteiger partial charge in [0.2, 0.25) is 0 Å². The summed E-state index contributed by atoms with van der Waals surface area (Å²) >= 11 is 5.46. The van der Waals surface area contributed by atoms with Crippen LogP contribution in [0.15, 0.2) is 18.2 Å². The topological polar surface area (TPSA) is 35.5 Å². The quantitative estimate of drug-likeness (QED) is 0.450. The van der Waals surface area contributed by atoms with Gasteiger partial charge in [0, 0.05) is 0 Å². The van der Waals surface area contributed by atoms with Gasteiger partial charge in [-0.15, -0.1) is 11.6 Å². The molecule has 0 aliphatic carbocycles. The Labute approximate surface area is 99.3 Å². The molecular weight excluding hydrogens is 228 g/mol. The first-order valence-electron chi connectivity index (χ1n) is 4.54. The number of hydrogen-bond acceptors (Lipinski definition) is 3. The van der Waals surface area contributed by atoms with E-state index in [1.807, 2.05) is 0 Å². The van der Waals surface area contributed by atoms with Crippen LogP contribution in [0.3, 0.4) is 0 Å². The maximum absolute atomic E-state index is 11.3. The van der Waals surface area contributed by atoms with E-state index in [0.29, 0.717) is 16.9 Å². The largest absolute Gasteiger partial charge is 0.495 e. The van der Waals surface area contributed by atoms with Crippen molar-refractivity contribution in [3.63, 3.8) is 0 Å². The minimum atomic E-state index is -0.407. The highest BCUT2D eigenvalue weighted by molar-refractivity contribution is 6.19. The van der Waals surface area contributed by atoms with Crippen molar-refractivity contribution in [1.29, 1.82) is 0 Å². The third-order valence-corrected chi connectivity index (χ3v) is 2.05. The summed E-state index contributed by atoms with van der Waals surface area (Å²) in [7, 11) is 2.85. The molecule has 1 aromatic rings. The van der Waals surface area contributed by atoms with E-state index in [0.717, 1.165) is 0 Å². The van der Waals surface area contributed by atoms with Crippen molar-refractivity contribution in [1.82, 2.24) is 0 Å². The molecule has 0 radical (unpaired) electrons. The fourth-order valence-corrected chi connectivity index (χ4v) is 1.23. The van der Waals surface area contributed by atoms with Gasteiger partial charge in [-0.2, -0.15) is 0 Å². The van der Waals surface area contributed by atoms with Gasteiger partial charge in [0.25, 0.3) is 0 Å². The maximum atomic E-state index is 11.3. The lowest BCUT2D eigenvalue weighted by Gasteiger charge is -2.05. The Morgan fingerprint density at radius 3 is 2.75 bits per heavy atom. The first kappa shape index (κ1) is 12.4. The average molecular weight is 239 g/mol. The number of alkyl halides is 1. The molecule has 0 heterocycles. The third-order valence-electron chi connectivity index (χ3n) is 1.91. The standard InChI is InChI=1S/C12H11ClO3/c1-15-11-8-10(12(14)16-2)6-5-9(11)4-3-7-13/h5-6,8H,7H2,1-2H3. The minimum Gasteiger partial charge on any atom is -0.495 e. The molecule has 16 heavy (non-hydrogen) atoms. The first-order valence-corrected chi connectivity index (χ1v) is 5.07. The zero-order chi connectivity index (χ0) is 12.0. The number of halogens is 1. The second-order valence-corrected chi connectivity index (χ2v) is 3.11. The molecule has 3 nitrogen and oxygen atoms in total. The van der Waals surface area contributed by atoms with Gasteiger partial charge in [-0.05, 0) is 18.2 Å². The summed E-state index contributed by atoms with van der Waals surface area (Å²) in [6.45, 7) is 0. The zero-order valence-corrected chi connectivity index (χ0v) is 9.80. The van der Waals surface area contributed by atoms with Crippen LogP contribution in [-0.2, 0) is 4.74 Å². The number of esters is 1. The summed E-state index contributed by atoms with van der Waals surface area (Å²) in [4.78, 5) is 11.3. The van der Waals surface area contributed by atoms with Crippen molar-refractivity contribution in [2.24, 2.45) is 0 Å². The Hall–Kier alpha value is -1.66. The van der Waals surface area contributed by atoms with Gasteiger partial charge >= 0.3 is 5.97 Å². The number of hydrogen-bond donors (Lipinski definition) is 0. The molecule has 0 aliphatic heterocycles. The molecule has 1 rings (SSSR count). The van der Waals surface area contributed by atoms with Crippen molar-refractivity contribution in [3.05, 3.63) is 29.3 Å². The molecule has 0 atom stereocenters. The molecule has 0 aliphatic rings. The third kappa shape index (κ3) is 2.91. The molecule has 0 N–H and O–H groups in total. The molecule has 0 bridgehead atoms. The fourth-order valence-electron chi connectivity index (χ4n) is 1.17. The van der Waals surface area contributed by atoms with Gasteiger partial charge in [0.15, 0.2) is 0 Å². The molecule has 0 fully saturated rings. The van der Waals surface area contributed by atoms with Crippen LogP contribution in [0.1, 0.15) is 15.9 Å². The molecular formula is C12H11ClO3. The Morgan fingerprint density at radius 2 is 2.19 bits per heavy atom. The molecule has 1 aromatic carbocycles. The second-order valence-electron chi connectivity index (χ2n) is 2.84. The highest BCUT2D eigenvalue weighted by atomic mass is 35.5. The molecule has 0 saturated heterocycles. The summed E-state index contributed by atoms with van der Waals surface area (Å²) in [5, 5.41) is 0. The van der Waals surface area contributed by atoms with Crippen LogP contribution in [0, 0.1) is 11.8 Å². The van der Waals surface area contributed by atoms with Gasteiger partial charge in [-0.1, -0.05) is 11.8 Å². The lowest BCUT2D eigenvalue weighted by Crippen LogP contribution is -2.02. The van der Waals surface area contributed by atoms with Gasteiger partial charge in [0.1, 0.15) is 5.75 Å². The number of benzene rings is 1. The molecule has 0 saturated carbocycles. The Bertz CT molecular complexity index is 443. The van der Waals surface area contributed by atoms with E-state index in [2.05, 4.69) is 16.6 Å². The smallest absolute Gasteiger partial charge is 0.337 e. The minimum absolute atomic E-state index is 0.252. The van der Waals surface area contributed by atoms with Crippen molar-refractivity contribution in [2.75, 3.05) is 20.1 Å². The lowest BCUT2D eigenvalue weighted by molar-refractivity contribution is 0.0600. The number of carbonyl (C=O) groups excluding carboxylic acids is 1. The lowest BCUT2D eigenvalue weighted by atomic mass is 10.1. The van der Waals surface area contributed by atoms with Crippen LogP contribution in [0.5, 0.6) is 5.75 Å². The summed E-state index contributed by atoms with van der Waals surface area (Å²) < 4.78 is 9.73. The predicted molar refractivity (Wildman–Crippen MR) is 61.9 cm³/mol. The van der Waals surface area contributed by atoms with E-state index < -0.39 is 5.97 Å². The highest BCUT2D eigenvalue weighted by Gasteiger charge is 2.08. The Balaban J connectivity index is 3.11. The van der Waals surface area contributed by atoms with Gasteiger partial charge in [-0.25, -0.2) is 4.79 Å². The highest BCUT2D eigenvalue weighted by Crippen LogP contribution is 2.19. The summed E-state index contributed by atoms with van der Waals surface area (Å²) in [5.41, 5.74) is 1.12. The summed E-state index contributed by atoms with van der Waals surface area (Å²) in [6.07, 6.45) is 0. The van der Waals surface area contributed by atoms with E-state index in [4.69, 9.17) is 16.3 Å². The molecule has 0 aromatic heterocycles. The molecule has 0 amide bonds. The van der Waals surface area contributed by atoms with Crippen LogP contribution in [0.25, 0.3) is 0 Å². The Morgan fingerprint density at radius 1 is 1.44 bits per heavy atom. The van der Waals surface area contributed by atoms with Crippen LogP contribution < -0.4 is 4.74 Å². The molecule has 0 spiro atoms. The number of carbonyl (C=O) groups is 1. The number of rotatable bonds is 2. The second kappa shape index (κ2) is 6.04. The first-order chi connectivity index (χ1) is 7.72. The predicted octanol–water partition coefficient (Wildman–Crippen LogP) is 2.07. The van der Waals surface area contributed by atoms with Gasteiger partial charge in [-0.3, -0.25) is 0 Å². The average Bonchev–Trinajstić information content (AvgIpc) is 2.35. The normalized spacial score (nSPS) is 8.94. The Kier molecular flexibility index (Phi) is 4.68. The SMILES string of the molecule is COC(=O)c1ccc(C#CCCl)c(OC)c1. The van der Waals surface area contributed by atoms with Crippen molar-refractivity contribution in [2.45, 2.75) is 0 Å². The van der Waals surface area contributed by atoms with Crippen LogP contribution >= 0.6 is 11.6 Å². The molecule has 0 unspecified atom stereocenters. The van der Waals surface area contributed by atoms with Gasteiger partial charge in [0.05, 0.1) is 31.2 Å². The maximum Gasteiger partial charge on any atom is 0.337 e. The molecule has 4 heteroatoms. The summed E-state index contributed by atoms with van der Waals surface area (Å²) in [5.74, 6) is 5.93. The molecule has 84 valence electrons. The monoisotopic (exact) mass is 238 g/mol. The van der Waals surface area contributed by atoms with E-state index in [1.165, 1.54) is 14.2 Å². The van der Waals surface area contributed by atoms with Crippen LogP contribution in [0.2, 0.25) is 0 Å². The van der Waals surface area contributed by atoms with Gasteiger partial charge < -0.3 is 9.47 Å². The van der Waals surface area contributed by atoms with Crippen molar-refractivity contribution in [3.8, 4) is 17.6 Å². The van der Waals surface area contributed by atoms with Crippen LogP contribution in [-0.4, -0.2) is 26.1 Å². The van der Waals surface area contributed by atoms with E-state index in [1.54, 1.807) is 18.2 Å².